The van der Waals surface area contributed by atoms with Crippen molar-refractivity contribution in [3.63, 3.8) is 0 Å². The fraction of sp³-hybridized carbons (Fsp3) is 0.565. The second-order valence-corrected chi connectivity index (χ2v) is 12.9. The zero-order valence-electron chi connectivity index (χ0n) is 19.2. The number of ether oxygens (including phenoxy) is 1. The topological polar surface area (TPSA) is 114 Å². The highest BCUT2D eigenvalue weighted by atomic mass is 32.2. The maximum absolute atomic E-state index is 13.1. The highest BCUT2D eigenvalue weighted by molar-refractivity contribution is 7.91. The van der Waals surface area contributed by atoms with E-state index in [4.69, 9.17) is 9.84 Å². The van der Waals surface area contributed by atoms with Crippen LogP contribution in [0.1, 0.15) is 50.2 Å². The number of hydrogen-bond acceptors (Lipinski definition) is 8. The maximum atomic E-state index is 13.1. The van der Waals surface area contributed by atoms with Gasteiger partial charge in [0.25, 0.3) is 0 Å². The van der Waals surface area contributed by atoms with Gasteiger partial charge in [0.15, 0.2) is 9.84 Å². The zero-order chi connectivity index (χ0) is 23.8. The number of rotatable bonds is 8. The number of aromatic nitrogens is 3. The van der Waals surface area contributed by atoms with Crippen molar-refractivity contribution in [3.05, 3.63) is 28.9 Å². The van der Waals surface area contributed by atoms with E-state index in [9.17, 15) is 18.6 Å². The molecule has 0 bridgehead atoms. The van der Waals surface area contributed by atoms with Crippen molar-refractivity contribution >= 4 is 26.1 Å². The summed E-state index contributed by atoms with van der Waals surface area (Å²) in [5.74, 6) is 0.296. The second kappa shape index (κ2) is 7.49. The van der Waals surface area contributed by atoms with Gasteiger partial charge in [0.1, 0.15) is 21.3 Å². The SMILES string of the molecule is COc1ccc(-c2c(C)nc3sc(C(O)(C4CC4)C4CC4)nn23)cc1S(=O)(=O)CC(C)(C)O. The first-order chi connectivity index (χ1) is 15.4. The van der Waals surface area contributed by atoms with Crippen LogP contribution in [-0.4, -0.2) is 51.7 Å². The molecule has 1 aromatic carbocycles. The van der Waals surface area contributed by atoms with Crippen LogP contribution in [0.3, 0.4) is 0 Å². The first-order valence-corrected chi connectivity index (χ1v) is 13.6. The number of aliphatic hydroxyl groups is 2. The lowest BCUT2D eigenvalue weighted by Gasteiger charge is -2.25. The lowest BCUT2D eigenvalue weighted by Crippen LogP contribution is -2.31. The molecule has 0 amide bonds. The lowest BCUT2D eigenvalue weighted by molar-refractivity contribution is -0.0111. The Bertz CT molecular complexity index is 1320. The molecule has 5 rings (SSSR count). The van der Waals surface area contributed by atoms with Crippen molar-refractivity contribution < 1.29 is 23.4 Å². The Hall–Kier alpha value is -2.01. The summed E-state index contributed by atoms with van der Waals surface area (Å²) in [5, 5.41) is 27.2. The van der Waals surface area contributed by atoms with Crippen molar-refractivity contribution in [1.82, 2.24) is 14.6 Å². The molecule has 2 aromatic heterocycles. The molecule has 2 aliphatic carbocycles. The van der Waals surface area contributed by atoms with Gasteiger partial charge in [-0.3, -0.25) is 0 Å². The van der Waals surface area contributed by atoms with Crippen molar-refractivity contribution in [2.45, 2.75) is 62.6 Å². The van der Waals surface area contributed by atoms with Crippen molar-refractivity contribution in [3.8, 4) is 17.0 Å². The molecule has 10 heteroatoms. The predicted molar refractivity (Wildman–Crippen MR) is 125 cm³/mol. The Kier molecular flexibility index (Phi) is 5.17. The summed E-state index contributed by atoms with van der Waals surface area (Å²) in [6, 6.07) is 4.96. The van der Waals surface area contributed by atoms with Crippen LogP contribution in [0.5, 0.6) is 5.75 Å². The normalized spacial score (nSPS) is 17.6. The molecule has 2 heterocycles. The van der Waals surface area contributed by atoms with Gasteiger partial charge in [0.2, 0.25) is 4.96 Å². The minimum atomic E-state index is -3.83. The number of nitrogens with zero attached hydrogens (tertiary/aromatic N) is 3. The van der Waals surface area contributed by atoms with E-state index in [0.717, 1.165) is 31.4 Å². The summed E-state index contributed by atoms with van der Waals surface area (Å²) in [6.07, 6.45) is 4.06. The molecule has 2 saturated carbocycles. The summed E-state index contributed by atoms with van der Waals surface area (Å²) in [6.45, 7) is 4.78. The molecule has 0 unspecified atom stereocenters. The van der Waals surface area contributed by atoms with Gasteiger partial charge in [0, 0.05) is 5.56 Å². The average molecular weight is 492 g/mol. The van der Waals surface area contributed by atoms with Crippen molar-refractivity contribution in [2.24, 2.45) is 11.8 Å². The van der Waals surface area contributed by atoms with E-state index < -0.39 is 26.8 Å². The van der Waals surface area contributed by atoms with Gasteiger partial charge in [0.05, 0.1) is 29.9 Å². The Morgan fingerprint density at radius 2 is 1.82 bits per heavy atom. The Morgan fingerprint density at radius 1 is 1.18 bits per heavy atom. The molecule has 2 fully saturated rings. The van der Waals surface area contributed by atoms with Gasteiger partial charge in [-0.25, -0.2) is 17.9 Å². The van der Waals surface area contributed by atoms with E-state index in [1.807, 2.05) is 6.92 Å². The molecule has 0 radical (unpaired) electrons. The van der Waals surface area contributed by atoms with Crippen LogP contribution in [0.25, 0.3) is 16.2 Å². The Morgan fingerprint density at radius 3 is 2.36 bits per heavy atom. The van der Waals surface area contributed by atoms with E-state index >= 15 is 0 Å². The summed E-state index contributed by atoms with van der Waals surface area (Å²) < 4.78 is 33.2. The van der Waals surface area contributed by atoms with E-state index in [1.54, 1.807) is 22.7 Å². The first-order valence-electron chi connectivity index (χ1n) is 11.2. The lowest BCUT2D eigenvalue weighted by atomic mass is 9.93. The largest absolute Gasteiger partial charge is 0.495 e. The van der Waals surface area contributed by atoms with Crippen LogP contribution < -0.4 is 4.74 Å². The minimum absolute atomic E-state index is 0.0156. The van der Waals surface area contributed by atoms with Crippen LogP contribution >= 0.6 is 11.3 Å². The predicted octanol–water partition coefficient (Wildman–Crippen LogP) is 3.33. The van der Waals surface area contributed by atoms with Gasteiger partial charge < -0.3 is 14.9 Å². The molecule has 0 spiro atoms. The number of sulfone groups is 1. The fourth-order valence-electron chi connectivity index (χ4n) is 4.68. The molecule has 0 saturated heterocycles. The number of imidazole rings is 1. The summed E-state index contributed by atoms with van der Waals surface area (Å²) in [5.41, 5.74) is -0.244. The smallest absolute Gasteiger partial charge is 0.213 e. The average Bonchev–Trinajstić information content (AvgIpc) is 3.63. The van der Waals surface area contributed by atoms with E-state index in [2.05, 4.69) is 4.98 Å². The molecule has 0 atom stereocenters. The van der Waals surface area contributed by atoms with Gasteiger partial charge in [-0.2, -0.15) is 5.10 Å². The maximum Gasteiger partial charge on any atom is 0.213 e. The van der Waals surface area contributed by atoms with Crippen LogP contribution in [-0.2, 0) is 15.4 Å². The van der Waals surface area contributed by atoms with Gasteiger partial charge in [-0.15, -0.1) is 0 Å². The fourth-order valence-corrected chi connectivity index (χ4v) is 7.72. The van der Waals surface area contributed by atoms with Gasteiger partial charge in [-0.05, 0) is 76.5 Å². The van der Waals surface area contributed by atoms with E-state index in [1.165, 1.54) is 32.3 Å². The number of aryl methyl sites for hydroxylation is 1. The number of fused-ring (bicyclic) bond motifs is 1. The summed E-state index contributed by atoms with van der Waals surface area (Å²) in [7, 11) is -2.41. The monoisotopic (exact) mass is 491 g/mol. The van der Waals surface area contributed by atoms with E-state index in [-0.39, 0.29) is 22.5 Å². The van der Waals surface area contributed by atoms with Gasteiger partial charge in [-0.1, -0.05) is 11.3 Å². The minimum Gasteiger partial charge on any atom is -0.495 e. The molecule has 2 N–H and O–H groups in total. The molecule has 8 nitrogen and oxygen atoms in total. The highest BCUT2D eigenvalue weighted by Gasteiger charge is 2.56. The molecule has 3 aromatic rings. The van der Waals surface area contributed by atoms with Crippen LogP contribution in [0, 0.1) is 18.8 Å². The third-order valence-electron chi connectivity index (χ3n) is 6.44. The highest BCUT2D eigenvalue weighted by Crippen LogP contribution is 2.58. The quantitative estimate of drug-likeness (QED) is 0.497. The molecule has 178 valence electrons. The first kappa shape index (κ1) is 22.8. The Labute approximate surface area is 197 Å². The van der Waals surface area contributed by atoms with Crippen LogP contribution in [0.15, 0.2) is 23.1 Å². The third-order valence-corrected chi connectivity index (χ3v) is 9.56. The van der Waals surface area contributed by atoms with Crippen LogP contribution in [0.4, 0.5) is 0 Å². The summed E-state index contributed by atoms with van der Waals surface area (Å²) in [4.78, 5) is 5.35. The van der Waals surface area contributed by atoms with Crippen LogP contribution in [0.2, 0.25) is 0 Å². The molecular formula is C23H29N3O5S2. The molecular weight excluding hydrogens is 462 g/mol. The molecule has 0 aliphatic heterocycles. The van der Waals surface area contributed by atoms with Crippen molar-refractivity contribution in [1.29, 1.82) is 0 Å². The second-order valence-electron chi connectivity index (χ2n) is 9.96. The van der Waals surface area contributed by atoms with Gasteiger partial charge >= 0.3 is 0 Å². The molecule has 2 aliphatic rings. The van der Waals surface area contributed by atoms with E-state index in [0.29, 0.717) is 21.2 Å². The summed E-state index contributed by atoms with van der Waals surface area (Å²) >= 11 is 1.41. The third kappa shape index (κ3) is 3.96. The zero-order valence-corrected chi connectivity index (χ0v) is 20.8. The Balaban J connectivity index is 1.62. The number of hydrogen-bond donors (Lipinski definition) is 2. The number of methoxy groups -OCH3 is 1. The molecule has 33 heavy (non-hydrogen) atoms. The van der Waals surface area contributed by atoms with Crippen molar-refractivity contribution in [2.75, 3.05) is 12.9 Å². The number of benzene rings is 1. The standard InChI is InChI=1S/C23H29N3O5S2/c1-13-19(14-5-10-17(31-4)18(11-14)33(29,30)12-22(2,3)27)26-21(24-13)32-20(25-26)23(28,15-6-7-15)16-8-9-16/h5,10-11,15-16,27-28H,6-9,12H2,1-4H3.